The van der Waals surface area contributed by atoms with Crippen LogP contribution in [0.4, 0.5) is 17.5 Å². The first-order valence-electron chi connectivity index (χ1n) is 12.8. The molecule has 0 saturated carbocycles. The van der Waals surface area contributed by atoms with Gasteiger partial charge >= 0.3 is 0 Å². The van der Waals surface area contributed by atoms with E-state index in [1.807, 2.05) is 41.9 Å². The van der Waals surface area contributed by atoms with Crippen molar-refractivity contribution in [1.29, 1.82) is 0 Å². The zero-order valence-corrected chi connectivity index (χ0v) is 22.0. The van der Waals surface area contributed by atoms with E-state index in [2.05, 4.69) is 35.1 Å². The maximum atomic E-state index is 6.60. The molecule has 5 heterocycles. The van der Waals surface area contributed by atoms with Crippen LogP contribution >= 0.6 is 11.6 Å². The molecule has 0 amide bonds. The number of halogens is 1. The number of hydrogen-bond acceptors (Lipinski definition) is 10. The summed E-state index contributed by atoms with van der Waals surface area (Å²) in [5, 5.41) is 3.80. The third-order valence-electron chi connectivity index (χ3n) is 7.20. The van der Waals surface area contributed by atoms with Gasteiger partial charge < -0.3 is 24.3 Å². The minimum Gasteiger partial charge on any atom is -0.456 e. The lowest BCUT2D eigenvalue weighted by Gasteiger charge is -2.43. The van der Waals surface area contributed by atoms with Crippen LogP contribution in [-0.4, -0.2) is 79.8 Å². The van der Waals surface area contributed by atoms with Crippen molar-refractivity contribution in [2.45, 2.75) is 6.04 Å². The van der Waals surface area contributed by atoms with Gasteiger partial charge in [-0.25, -0.2) is 24.9 Å². The number of piperazine rings is 1. The van der Waals surface area contributed by atoms with Crippen LogP contribution in [0.5, 0.6) is 11.5 Å². The zero-order valence-electron chi connectivity index (χ0n) is 21.3. The summed E-state index contributed by atoms with van der Waals surface area (Å²) in [5.74, 6) is 2.45. The summed E-state index contributed by atoms with van der Waals surface area (Å²) in [6, 6.07) is 11.6. The van der Waals surface area contributed by atoms with Gasteiger partial charge in [0.2, 0.25) is 5.95 Å². The van der Waals surface area contributed by atoms with Crippen molar-refractivity contribution in [2.75, 3.05) is 49.6 Å². The number of aryl methyl sites for hydroxylation is 1. The number of hydrogen-bond donors (Lipinski definition) is 1. The fourth-order valence-electron chi connectivity index (χ4n) is 5.12. The average molecular weight is 544 g/mol. The van der Waals surface area contributed by atoms with Gasteiger partial charge in [-0.15, -0.1) is 0 Å². The Kier molecular flexibility index (Phi) is 6.11. The van der Waals surface area contributed by atoms with Crippen molar-refractivity contribution < 1.29 is 9.47 Å². The molecule has 2 aliphatic rings. The maximum absolute atomic E-state index is 6.60. The Bertz CT molecular complexity index is 1680. The average Bonchev–Trinajstić information content (AvgIpc) is 3.34. The van der Waals surface area contributed by atoms with E-state index >= 15 is 0 Å². The molecule has 5 aromatic rings. The second kappa shape index (κ2) is 9.92. The van der Waals surface area contributed by atoms with E-state index < -0.39 is 0 Å². The topological polar surface area (TPSA) is 106 Å². The van der Waals surface area contributed by atoms with E-state index in [1.54, 1.807) is 18.6 Å². The number of anilines is 3. The number of aromatic nitrogens is 6. The highest BCUT2D eigenvalue weighted by Gasteiger charge is 2.30. The lowest BCUT2D eigenvalue weighted by Crippen LogP contribution is -2.58. The lowest BCUT2D eigenvalue weighted by molar-refractivity contribution is -0.0118. The van der Waals surface area contributed by atoms with Gasteiger partial charge in [0.25, 0.3) is 0 Å². The molecular weight excluding hydrogens is 518 g/mol. The first kappa shape index (κ1) is 24.0. The van der Waals surface area contributed by atoms with Crippen LogP contribution < -0.4 is 15.0 Å². The third-order valence-corrected chi connectivity index (χ3v) is 7.50. The Hall–Kier alpha value is -4.06. The van der Waals surface area contributed by atoms with Crippen molar-refractivity contribution in [3.63, 3.8) is 0 Å². The number of nitrogens with one attached hydrogen (secondary N) is 1. The van der Waals surface area contributed by atoms with Gasteiger partial charge in [-0.05, 0) is 30.3 Å². The van der Waals surface area contributed by atoms with Gasteiger partial charge in [0, 0.05) is 45.0 Å². The Morgan fingerprint density at radius 1 is 1.03 bits per heavy atom. The van der Waals surface area contributed by atoms with E-state index in [-0.39, 0.29) is 0 Å². The van der Waals surface area contributed by atoms with Gasteiger partial charge in [0.1, 0.15) is 28.9 Å². The van der Waals surface area contributed by atoms with Crippen LogP contribution in [0.2, 0.25) is 5.02 Å². The van der Waals surface area contributed by atoms with Crippen molar-refractivity contribution in [3.8, 4) is 11.5 Å². The summed E-state index contributed by atoms with van der Waals surface area (Å²) in [6.07, 6.45) is 5.02. The van der Waals surface area contributed by atoms with E-state index in [9.17, 15) is 0 Å². The largest absolute Gasteiger partial charge is 0.456 e. The predicted molar refractivity (Wildman–Crippen MR) is 149 cm³/mol. The SMILES string of the molecule is Cn1cnc2cc(Oc3ccc(Nc4ncnc5cnc(N6CCN7CCOCC7C6)nc45)cc3Cl)ccc21. The molecule has 1 N–H and O–H groups in total. The fraction of sp³-hybridized carbons (Fsp3) is 0.296. The van der Waals surface area contributed by atoms with E-state index in [1.165, 1.54) is 6.33 Å². The highest BCUT2D eigenvalue weighted by atomic mass is 35.5. The summed E-state index contributed by atoms with van der Waals surface area (Å²) < 4.78 is 13.7. The van der Waals surface area contributed by atoms with E-state index in [0.29, 0.717) is 45.4 Å². The quantitative estimate of drug-likeness (QED) is 0.349. The minimum absolute atomic E-state index is 0.352. The molecule has 2 fully saturated rings. The molecule has 198 valence electrons. The van der Waals surface area contributed by atoms with Crippen LogP contribution in [0.3, 0.4) is 0 Å². The van der Waals surface area contributed by atoms with Gasteiger partial charge in [0.05, 0.1) is 47.8 Å². The Labute approximate surface area is 229 Å². The van der Waals surface area contributed by atoms with Crippen LogP contribution in [-0.2, 0) is 11.8 Å². The second-order valence-electron chi connectivity index (χ2n) is 9.72. The summed E-state index contributed by atoms with van der Waals surface area (Å²) in [6.45, 7) is 5.17. The normalized spacial score (nSPS) is 17.9. The monoisotopic (exact) mass is 543 g/mol. The molecule has 12 heteroatoms. The number of morpholine rings is 1. The number of benzene rings is 2. The summed E-state index contributed by atoms with van der Waals surface area (Å²) in [5.41, 5.74) is 3.94. The molecule has 39 heavy (non-hydrogen) atoms. The number of rotatable bonds is 5. The van der Waals surface area contributed by atoms with Crippen molar-refractivity contribution in [2.24, 2.45) is 7.05 Å². The van der Waals surface area contributed by atoms with Gasteiger partial charge in [0.15, 0.2) is 5.82 Å². The van der Waals surface area contributed by atoms with Crippen molar-refractivity contribution in [1.82, 2.24) is 34.4 Å². The molecule has 0 bridgehead atoms. The fourth-order valence-corrected chi connectivity index (χ4v) is 5.34. The van der Waals surface area contributed by atoms with Crippen LogP contribution in [0.1, 0.15) is 0 Å². The van der Waals surface area contributed by atoms with Crippen LogP contribution in [0.15, 0.2) is 55.2 Å². The third kappa shape index (κ3) is 4.69. The molecule has 0 spiro atoms. The number of imidazole rings is 1. The molecule has 11 nitrogen and oxygen atoms in total. The van der Waals surface area contributed by atoms with E-state index in [0.717, 1.165) is 56.1 Å². The zero-order chi connectivity index (χ0) is 26.3. The Balaban J connectivity index is 1.11. The highest BCUT2D eigenvalue weighted by Crippen LogP contribution is 2.34. The first-order chi connectivity index (χ1) is 19.1. The molecule has 0 aliphatic carbocycles. The van der Waals surface area contributed by atoms with Gasteiger partial charge in [-0.1, -0.05) is 11.6 Å². The molecule has 3 aromatic heterocycles. The van der Waals surface area contributed by atoms with Gasteiger partial charge in [-0.2, -0.15) is 0 Å². The standard InChI is InChI=1S/C27H26ClN9O2/c1-35-16-32-21-11-19(3-4-23(21)35)39-24-5-2-17(10-20(24)28)33-26-25-22(30-15-31-26)12-29-27(34-25)37-7-6-36-8-9-38-14-18(36)13-37/h2-5,10-12,15-16,18H,6-9,13-14H2,1H3,(H,30,31,33). The minimum atomic E-state index is 0.352. The number of nitrogens with zero attached hydrogens (tertiary/aromatic N) is 8. The maximum Gasteiger partial charge on any atom is 0.226 e. The van der Waals surface area contributed by atoms with Crippen LogP contribution in [0.25, 0.3) is 22.1 Å². The van der Waals surface area contributed by atoms with Crippen molar-refractivity contribution in [3.05, 3.63) is 60.3 Å². The van der Waals surface area contributed by atoms with E-state index in [4.69, 9.17) is 26.1 Å². The number of ether oxygens (including phenoxy) is 2. The predicted octanol–water partition coefficient (Wildman–Crippen LogP) is 4.02. The molecule has 0 radical (unpaired) electrons. The number of fused-ring (bicyclic) bond motifs is 3. The Morgan fingerprint density at radius 3 is 2.90 bits per heavy atom. The highest BCUT2D eigenvalue weighted by molar-refractivity contribution is 6.32. The summed E-state index contributed by atoms with van der Waals surface area (Å²) >= 11 is 6.60. The molecular formula is C27H26ClN9O2. The molecule has 1 atom stereocenters. The second-order valence-corrected chi connectivity index (χ2v) is 10.1. The molecule has 2 saturated heterocycles. The van der Waals surface area contributed by atoms with Crippen molar-refractivity contribution >= 4 is 51.1 Å². The first-order valence-corrected chi connectivity index (χ1v) is 13.2. The molecule has 7 rings (SSSR count). The van der Waals surface area contributed by atoms with Gasteiger partial charge in [-0.3, -0.25) is 4.90 Å². The smallest absolute Gasteiger partial charge is 0.226 e. The molecule has 2 aliphatic heterocycles. The Morgan fingerprint density at radius 2 is 1.97 bits per heavy atom. The van der Waals surface area contributed by atoms with Crippen LogP contribution in [0, 0.1) is 0 Å². The molecule has 1 unspecified atom stereocenters. The summed E-state index contributed by atoms with van der Waals surface area (Å²) in [4.78, 5) is 27.3. The summed E-state index contributed by atoms with van der Waals surface area (Å²) in [7, 11) is 1.96. The molecule has 2 aromatic carbocycles. The lowest BCUT2D eigenvalue weighted by atomic mass is 10.1.